The van der Waals surface area contributed by atoms with Crippen LogP contribution in [0.15, 0.2) is 0 Å². The van der Waals surface area contributed by atoms with Gasteiger partial charge in [-0.25, -0.2) is 4.79 Å². The average Bonchev–Trinajstić information content (AvgIpc) is 1.33. The molecular weight excluding hydrogens is 178 g/mol. The molecule has 0 aliphatic rings. The Morgan fingerprint density at radius 1 is 1.38 bits per heavy atom. The van der Waals surface area contributed by atoms with Crippen LogP contribution in [0.1, 0.15) is 0 Å². The summed E-state index contributed by atoms with van der Waals surface area (Å²) in [5.74, 6) is 0. The average molecular weight is 181 g/mol. The molecule has 0 fully saturated rings. The summed E-state index contributed by atoms with van der Waals surface area (Å²) in [6.07, 6.45) is 8.07. The van der Waals surface area contributed by atoms with Gasteiger partial charge in [0.2, 0.25) is 0 Å². The molecule has 0 radical (unpaired) electrons. The molecule has 8 heavy (non-hydrogen) atoms. The molecule has 0 spiro atoms. The first-order valence-corrected chi connectivity index (χ1v) is 7.26. The van der Waals surface area contributed by atoms with E-state index in [9.17, 15) is 0 Å². The van der Waals surface area contributed by atoms with Crippen LogP contribution in [0.2, 0.25) is 0 Å². The van der Waals surface area contributed by atoms with Crippen LogP contribution >= 0.6 is 12.8 Å². The number of halogens is 2. The second kappa shape index (κ2) is 15.9. The van der Waals surface area contributed by atoms with E-state index in [1.807, 2.05) is 0 Å². The second-order valence-corrected chi connectivity index (χ2v) is 4.03. The van der Waals surface area contributed by atoms with E-state index in [2.05, 4.69) is 0 Å². The van der Waals surface area contributed by atoms with Crippen LogP contribution in [0.4, 0.5) is 4.79 Å². The monoisotopic (exact) mass is 180 g/mol. The Morgan fingerprint density at radius 2 is 1.38 bits per heavy atom. The van der Waals surface area contributed by atoms with Crippen molar-refractivity contribution in [3.63, 3.8) is 0 Å². The van der Waals surface area contributed by atoms with E-state index in [0.29, 0.717) is 0 Å². The summed E-state index contributed by atoms with van der Waals surface area (Å²) in [5, 5.41) is 13.9. The zero-order chi connectivity index (χ0) is 6.28. The van der Waals surface area contributed by atoms with Crippen LogP contribution in [0, 0.1) is 0 Å². The first-order valence-electron chi connectivity index (χ1n) is 1.19. The summed E-state index contributed by atoms with van der Waals surface area (Å²) in [6.45, 7) is 0. The fourth-order valence-corrected chi connectivity index (χ4v) is 0. The molecule has 42 valence electrons. The van der Waals surface area contributed by atoms with Crippen molar-refractivity contribution in [1.82, 2.24) is 0 Å². The predicted octanol–water partition coefficient (Wildman–Crippen LogP) is 0.572. The Bertz CT molecular complexity index is 48.5. The minimum absolute atomic E-state index is 0. The van der Waals surface area contributed by atoms with Crippen LogP contribution < -0.4 is 0 Å². The van der Waals surface area contributed by atoms with Crippen molar-refractivity contribution in [2.75, 3.05) is 0 Å². The first-order chi connectivity index (χ1) is 3.15. The fourth-order valence-electron chi connectivity index (χ4n) is 0. The topological polar surface area (TPSA) is 57.5 Å². The van der Waals surface area contributed by atoms with Gasteiger partial charge < -0.3 is 10.2 Å². The Hall–Kier alpha value is 1.71. The molecule has 0 bridgehead atoms. The minimum atomic E-state index is -1.83. The third-order valence-corrected chi connectivity index (χ3v) is 0. The van der Waals surface area contributed by atoms with Crippen molar-refractivity contribution < 1.29 is 15.0 Å². The molecule has 7 heteroatoms. The van der Waals surface area contributed by atoms with Gasteiger partial charge in [0, 0.05) is 0 Å². The molecule has 0 aliphatic heterocycles. The van der Waals surface area contributed by atoms with Gasteiger partial charge in [-0.3, -0.25) is 0 Å². The summed E-state index contributed by atoms with van der Waals surface area (Å²) in [4.78, 5) is 8.56. The molecule has 0 atom stereocenters. The molecule has 0 amide bonds. The third kappa shape index (κ3) is 119. The molecule has 0 aromatic heterocycles. The van der Waals surface area contributed by atoms with Gasteiger partial charge in [-0.15, -0.1) is 0 Å². The Kier molecular flexibility index (Phi) is 32.5. The summed E-state index contributed by atoms with van der Waals surface area (Å²) in [6, 6.07) is 0. The van der Waals surface area contributed by atoms with Gasteiger partial charge in [0.25, 0.3) is 0 Å². The maximum atomic E-state index is 8.56. The molecule has 0 saturated carbocycles. The first kappa shape index (κ1) is 16.4. The Morgan fingerprint density at radius 3 is 1.38 bits per heavy atom. The van der Waals surface area contributed by atoms with Crippen molar-refractivity contribution in [3.8, 4) is 0 Å². The van der Waals surface area contributed by atoms with E-state index in [-0.39, 0.29) is 18.9 Å². The number of hydrogen-bond acceptors (Lipinski definition) is 1. The molecule has 0 unspecified atom stereocenters. The standard InChI is InChI=1S/CH2O3.Ca.2ClH.Li.H/c2-1(3)4;;;;;/h(H2,2,3,4);;2*1H;;/q;+2;;;;/p-2. The van der Waals surface area contributed by atoms with Gasteiger partial charge >= 0.3 is 68.6 Å². The van der Waals surface area contributed by atoms with Crippen molar-refractivity contribution in [2.45, 2.75) is 0 Å². The van der Waals surface area contributed by atoms with Gasteiger partial charge in [0.15, 0.2) is 0 Å². The number of carbonyl (C=O) groups is 1. The van der Waals surface area contributed by atoms with Crippen molar-refractivity contribution in [3.05, 3.63) is 0 Å². The number of hydrogen-bond donors (Lipinski definition) is 2. The molecule has 0 aromatic rings. The van der Waals surface area contributed by atoms with E-state index >= 15 is 0 Å². The zero-order valence-electron chi connectivity index (χ0n) is 3.27. The summed E-state index contributed by atoms with van der Waals surface area (Å²) < 4.78 is 0. The normalized spacial score (nSPS) is 4.25. The quantitative estimate of drug-likeness (QED) is 0.537. The maximum absolute atomic E-state index is 8.56. The van der Waals surface area contributed by atoms with Gasteiger partial charge in [0.1, 0.15) is 0 Å². The fraction of sp³-hybridized carbons (Fsp3) is 0. The van der Waals surface area contributed by atoms with Crippen LogP contribution in [-0.2, 0) is 0 Å². The van der Waals surface area contributed by atoms with Crippen LogP contribution in [-0.4, -0.2) is 66.1 Å². The molecule has 0 heterocycles. The van der Waals surface area contributed by atoms with Crippen LogP contribution in [0.25, 0.3) is 0 Å². The summed E-state index contributed by atoms with van der Waals surface area (Å²) >= 11 is -0.931. The van der Waals surface area contributed by atoms with Crippen molar-refractivity contribution in [1.29, 1.82) is 0 Å². The van der Waals surface area contributed by atoms with Gasteiger partial charge in [0.05, 0.1) is 0 Å². The second-order valence-electron chi connectivity index (χ2n) is 0.384. The molecule has 0 saturated heterocycles. The zero-order valence-corrected chi connectivity index (χ0v) is 6.99. The SMILES string of the molecule is O=C(O)O.[Cl][Ca][Cl].[LiH]. The van der Waals surface area contributed by atoms with E-state index in [4.69, 9.17) is 27.8 Å². The number of carboxylic acid groups (broad SMARTS) is 2. The molecular formula is CH3CaCl2LiO3. The molecule has 2 N–H and O–H groups in total. The Balaban J connectivity index is -0.0000000575. The van der Waals surface area contributed by atoms with Crippen LogP contribution in [0.5, 0.6) is 0 Å². The Labute approximate surface area is 82.3 Å². The molecule has 0 rings (SSSR count). The summed E-state index contributed by atoms with van der Waals surface area (Å²) in [7, 11) is 0. The van der Waals surface area contributed by atoms with E-state index in [1.54, 1.807) is 0 Å². The van der Waals surface area contributed by atoms with Gasteiger partial charge in [-0.2, -0.15) is 0 Å². The van der Waals surface area contributed by atoms with Gasteiger partial charge in [-0.05, 0) is 0 Å². The summed E-state index contributed by atoms with van der Waals surface area (Å²) in [5.41, 5.74) is 0. The van der Waals surface area contributed by atoms with Gasteiger partial charge in [-0.1, -0.05) is 0 Å². The predicted molar refractivity (Wildman–Crippen MR) is 35.3 cm³/mol. The van der Waals surface area contributed by atoms with Crippen molar-refractivity contribution >= 4 is 68.6 Å². The van der Waals surface area contributed by atoms with E-state index < -0.39 is 37.0 Å². The number of rotatable bonds is 0. The van der Waals surface area contributed by atoms with Crippen molar-refractivity contribution in [2.24, 2.45) is 0 Å². The molecule has 3 nitrogen and oxygen atoms in total. The van der Waals surface area contributed by atoms with E-state index in [1.165, 1.54) is 0 Å². The van der Waals surface area contributed by atoms with E-state index in [0.717, 1.165) is 0 Å². The third-order valence-electron chi connectivity index (χ3n) is 0. The van der Waals surface area contributed by atoms with Crippen LogP contribution in [0.3, 0.4) is 0 Å². The molecule has 0 aliphatic carbocycles. The molecule has 0 aromatic carbocycles.